The molecule has 0 fully saturated rings. The standard InChI is InChI=1S/C75H78N5O23.6Na.3H2O/c81-42-57(33-51-19-7-1-8-20-51)39-65(86)99-48-75(49-102-70(94)76-59(43-82)35-53-23-11-3-12-24-53,50-103-71(95)77-60(44-83)36-54-25-13-4-14-26-54)80-64(85)32-31-61(84)41-74(45-98-66(87)40-58(67(88)89)34-52-21-9-2-10-22-52,46-100-72(96)78-62(68(90)91)37-55-27-15-5-16-28-55)47-101-73(97)79-63(69(92)93)38-56-29-17-6-18-30-56;;;;;;;;;/h1-30,57-60,62-63H,31-41,45-50H2,(H,76,94)(H,77,95)(H,78,96)(H,79,97)(H,80,85)(H,88,89)(H,90,91)(H,92,93);;;;;;;3*1H2/q-3;6*+1;;;/p-6. The molecular weight excluding hydrogens is 1520 g/mol. The Balaban J connectivity index is -0.00000648. The van der Waals surface area contributed by atoms with E-state index in [1.54, 1.807) is 201 Å². The Morgan fingerprint density at radius 1 is 0.348 bits per heavy atom. The van der Waals surface area contributed by atoms with Crippen molar-refractivity contribution in [1.29, 1.82) is 0 Å². The number of ketones is 1. The van der Waals surface area contributed by atoms with Gasteiger partial charge in [-0.05, 0) is 66.3 Å². The number of esters is 2. The second-order valence-corrected chi connectivity index (χ2v) is 24.2. The fraction of sp³-hybridized carbons (Fsp3) is 0.333. The van der Waals surface area contributed by atoms with E-state index in [1.807, 2.05) is 0 Å². The molecule has 8 N–H and O–H groups in total. The van der Waals surface area contributed by atoms with Crippen molar-refractivity contribution in [2.24, 2.45) is 17.3 Å². The van der Waals surface area contributed by atoms with Gasteiger partial charge in [0.15, 0.2) is 0 Å². The number of carboxylic acid groups (broad SMARTS) is 3. The van der Waals surface area contributed by atoms with E-state index in [4.69, 9.17) is 28.4 Å². The van der Waals surface area contributed by atoms with E-state index in [9.17, 15) is 82.4 Å². The summed E-state index contributed by atoms with van der Waals surface area (Å²) in [5, 5.41) is 48.7. The summed E-state index contributed by atoms with van der Waals surface area (Å²) in [4.78, 5) is 185. The van der Waals surface area contributed by atoms with Crippen LogP contribution in [-0.4, -0.2) is 171 Å². The molecule has 0 spiro atoms. The molecule has 0 bridgehead atoms. The van der Waals surface area contributed by atoms with Gasteiger partial charge in [-0.1, -0.05) is 200 Å². The van der Waals surface area contributed by atoms with Crippen molar-refractivity contribution >= 4 is 84.8 Å². The quantitative estimate of drug-likeness (QED) is 0.0103. The molecule has 6 rings (SSSR count). The number of hydrogen-bond acceptors (Lipinski definition) is 26. The number of Topliss-reactive ketones (excluding diaryl/α,β-unsaturated/α-hetero) is 1. The number of alkyl carbamates (subject to hydrolysis) is 4. The van der Waals surface area contributed by atoms with Gasteiger partial charge in [-0.25, -0.2) is 31.8 Å². The zero-order chi connectivity index (χ0) is 74.4. The molecule has 112 heavy (non-hydrogen) atoms. The van der Waals surface area contributed by atoms with E-state index in [1.165, 1.54) is 0 Å². The number of hydrogen-bond donors (Lipinski definition) is 5. The van der Waals surface area contributed by atoms with E-state index in [0.717, 1.165) is 0 Å². The smallest absolute Gasteiger partial charge is 0.870 e. The van der Waals surface area contributed by atoms with Crippen LogP contribution in [0.15, 0.2) is 182 Å². The van der Waals surface area contributed by atoms with Crippen LogP contribution < -0.4 is 219 Å². The van der Waals surface area contributed by atoms with Gasteiger partial charge in [0.2, 0.25) is 5.91 Å². The second-order valence-electron chi connectivity index (χ2n) is 24.2. The van der Waals surface area contributed by atoms with E-state index in [-0.39, 0.29) is 232 Å². The van der Waals surface area contributed by atoms with Gasteiger partial charge in [0.1, 0.15) is 51.0 Å². The van der Waals surface area contributed by atoms with Gasteiger partial charge < -0.3 is 116 Å². The molecule has 31 nitrogen and oxygen atoms in total. The maximum absolute atomic E-state index is 14.7. The Hall–Kier alpha value is -6.22. The number of amides is 5. The van der Waals surface area contributed by atoms with E-state index in [2.05, 4.69) is 26.6 Å². The molecule has 0 heterocycles. The maximum Gasteiger partial charge on any atom is 1.00 e. The summed E-state index contributed by atoms with van der Waals surface area (Å²) >= 11 is 0. The molecule has 0 aliphatic carbocycles. The van der Waals surface area contributed by atoms with E-state index < -0.39 is 185 Å². The summed E-state index contributed by atoms with van der Waals surface area (Å²) in [7, 11) is 0. The molecule has 568 valence electrons. The van der Waals surface area contributed by atoms with Crippen LogP contribution in [0.4, 0.5) is 19.2 Å². The monoisotopic (exact) mass is 1600 g/mol. The largest absolute Gasteiger partial charge is 1.00 e. The van der Waals surface area contributed by atoms with Crippen molar-refractivity contribution in [3.05, 3.63) is 215 Å². The predicted molar refractivity (Wildman–Crippen MR) is 362 cm³/mol. The summed E-state index contributed by atoms with van der Waals surface area (Å²) in [5.41, 5.74) is -1.54. The zero-order valence-corrected chi connectivity index (χ0v) is 75.0. The zero-order valence-electron chi connectivity index (χ0n) is 63.0. The molecule has 0 aliphatic rings. The molecule has 0 radical (unpaired) electrons. The first kappa shape index (κ1) is 112. The Morgan fingerprint density at radius 2 is 0.652 bits per heavy atom. The van der Waals surface area contributed by atoms with Crippen molar-refractivity contribution in [1.82, 2.24) is 26.6 Å². The average Bonchev–Trinajstić information content (AvgIpc) is 0.838. The summed E-state index contributed by atoms with van der Waals surface area (Å²) < 4.78 is 33.4. The Kier molecular flexibility index (Phi) is 61.3. The molecule has 37 heteroatoms. The van der Waals surface area contributed by atoms with Crippen LogP contribution in [0.2, 0.25) is 0 Å². The second kappa shape index (κ2) is 61.2. The van der Waals surface area contributed by atoms with Crippen LogP contribution >= 0.6 is 0 Å². The maximum atomic E-state index is 14.7. The topological polar surface area (TPSA) is 514 Å². The Labute approximate surface area is 779 Å². The molecule has 0 saturated heterocycles. The van der Waals surface area contributed by atoms with Gasteiger partial charge in [0.25, 0.3) is 0 Å². The molecule has 0 saturated carbocycles. The number of benzene rings is 6. The van der Waals surface area contributed by atoms with E-state index >= 15 is 0 Å². The third-order valence-corrected chi connectivity index (χ3v) is 15.8. The fourth-order valence-electron chi connectivity index (χ4n) is 10.4. The minimum absolute atomic E-state index is 0. The van der Waals surface area contributed by atoms with Crippen molar-refractivity contribution in [3.8, 4) is 0 Å². The van der Waals surface area contributed by atoms with Crippen LogP contribution in [0, 0.1) is 17.3 Å². The first-order valence-corrected chi connectivity index (χ1v) is 32.4. The van der Waals surface area contributed by atoms with Gasteiger partial charge in [-0.15, -0.1) is 5.92 Å². The molecule has 0 aromatic heterocycles. The molecule has 6 aromatic rings. The number of carbonyl (C=O) groups is 11. The van der Waals surface area contributed by atoms with Gasteiger partial charge >= 0.3 is 214 Å². The fourth-order valence-corrected chi connectivity index (χ4v) is 10.4. The number of carboxylic acids is 3. The number of aliphatic carboxylic acids is 3. The first-order valence-electron chi connectivity index (χ1n) is 32.4. The van der Waals surface area contributed by atoms with Gasteiger partial charge in [0, 0.05) is 37.6 Å². The van der Waals surface area contributed by atoms with Gasteiger partial charge in [0.05, 0.1) is 35.9 Å². The third kappa shape index (κ3) is 43.5. The number of rotatable bonds is 44. The summed E-state index contributed by atoms with van der Waals surface area (Å²) in [5.74, 6) is -12.3. The SMILES string of the molecule is O=[C-]C(CC(=O)OCC(COC(=O)NC([C-]=O)Cc1ccccc1)(COC(=O)NC([C-]=O)Cc1ccccc1)NC(=O)CCC(=O)CC(COC(=O)CC(Cc1ccccc1)C(=O)[O-])(COC(=O)NC(Cc1ccccc1)C(=O)[O-])COC(=O)NC(Cc1ccccc1)C(=O)[O-])Cc1ccccc1.[Na+].[Na+].[Na+].[Na+].[Na+].[Na+].[OH-].[OH-].[OH-]. The van der Waals surface area contributed by atoms with Crippen LogP contribution in [0.5, 0.6) is 0 Å². The van der Waals surface area contributed by atoms with Crippen molar-refractivity contribution in [2.45, 2.75) is 100 Å². The number of ether oxygens (including phenoxy) is 6. The summed E-state index contributed by atoms with van der Waals surface area (Å²) in [6.07, 6.45) is -5.77. The number of carbonyl (C=O) groups excluding carboxylic acids is 14. The molecular formula is C75H78N5Na6O26-3. The molecule has 0 aliphatic heterocycles. The predicted octanol–water partition coefficient (Wildman–Crippen LogP) is -16.4. The van der Waals surface area contributed by atoms with Gasteiger partial charge in [-0.3, -0.25) is 25.5 Å². The first-order chi connectivity index (χ1) is 49.5. The van der Waals surface area contributed by atoms with E-state index in [0.29, 0.717) is 33.4 Å². The Bertz CT molecular complexity index is 3460. The molecule has 5 amide bonds. The van der Waals surface area contributed by atoms with Crippen molar-refractivity contribution in [2.75, 3.05) is 39.6 Å². The molecule has 6 atom stereocenters. The minimum Gasteiger partial charge on any atom is -0.870 e. The Morgan fingerprint density at radius 3 is 1.00 bits per heavy atom. The van der Waals surface area contributed by atoms with Crippen molar-refractivity contribution in [3.63, 3.8) is 0 Å². The average molecular weight is 1600 g/mol. The van der Waals surface area contributed by atoms with Gasteiger partial charge in [-0.2, -0.15) is 0 Å². The summed E-state index contributed by atoms with van der Waals surface area (Å²) in [6.45, 7) is -6.57. The minimum atomic E-state index is -2.39. The van der Waals surface area contributed by atoms with Crippen LogP contribution in [0.3, 0.4) is 0 Å². The number of nitrogens with one attached hydrogen (secondary N) is 5. The van der Waals surface area contributed by atoms with Crippen LogP contribution in [0.1, 0.15) is 65.5 Å². The van der Waals surface area contributed by atoms with Crippen molar-refractivity contribution < 1.29 is 305 Å². The molecule has 6 unspecified atom stereocenters. The van der Waals surface area contributed by atoms with Crippen LogP contribution in [-0.2, 0) is 115 Å². The normalized spacial score (nSPS) is 12.6. The third-order valence-electron chi connectivity index (χ3n) is 15.8. The molecule has 6 aromatic carbocycles. The van der Waals surface area contributed by atoms with Crippen LogP contribution in [0.25, 0.3) is 0 Å². The summed E-state index contributed by atoms with van der Waals surface area (Å²) in [6, 6.07) is 43.1.